The van der Waals surface area contributed by atoms with Crippen LogP contribution in [0.2, 0.25) is 0 Å². The van der Waals surface area contributed by atoms with E-state index in [1.54, 1.807) is 0 Å². The van der Waals surface area contributed by atoms with Crippen molar-refractivity contribution in [3.8, 4) is 0 Å². The number of hydrogen-bond acceptors (Lipinski definition) is 3. The molecule has 0 saturated carbocycles. The van der Waals surface area contributed by atoms with Gasteiger partial charge in [0, 0.05) is 0 Å². The third-order valence-electron chi connectivity index (χ3n) is 4.23. The van der Waals surface area contributed by atoms with Gasteiger partial charge in [0.05, 0.1) is 18.4 Å². The smallest absolute Gasteiger partial charge is 0.334 e. The molecule has 146 valence electrons. The number of rotatable bonds is 17. The Balaban J connectivity index is 3.19. The van der Waals surface area contributed by atoms with Crippen molar-refractivity contribution in [1.29, 1.82) is 0 Å². The monoisotopic (exact) mass is 352 g/mol. The van der Waals surface area contributed by atoms with Gasteiger partial charge >= 0.3 is 5.97 Å². The average molecular weight is 353 g/mol. The Labute approximate surface area is 155 Å². The zero-order valence-electron chi connectivity index (χ0n) is 16.6. The Morgan fingerprint density at radius 2 is 1.28 bits per heavy atom. The van der Waals surface area contributed by atoms with E-state index in [0.29, 0.717) is 6.61 Å². The van der Waals surface area contributed by atoms with Crippen molar-refractivity contribution in [2.45, 2.75) is 104 Å². The topological polar surface area (TPSA) is 46.5 Å². The summed E-state index contributed by atoms with van der Waals surface area (Å²) in [6.07, 6.45) is 23.6. The van der Waals surface area contributed by atoms with E-state index in [-0.39, 0.29) is 5.76 Å². The average Bonchev–Trinajstić information content (AvgIpc) is 2.57. The molecule has 0 aromatic carbocycles. The first-order valence-corrected chi connectivity index (χ1v) is 10.4. The summed E-state index contributed by atoms with van der Waals surface area (Å²) in [7, 11) is 0. The van der Waals surface area contributed by atoms with Gasteiger partial charge in [-0.25, -0.2) is 4.79 Å². The molecule has 0 atom stereocenters. The van der Waals surface area contributed by atoms with Crippen LogP contribution in [-0.4, -0.2) is 17.7 Å². The second-order valence-corrected chi connectivity index (χ2v) is 6.89. The number of unbranched alkanes of at least 4 members (excludes halogenated alkanes) is 12. The van der Waals surface area contributed by atoms with Crippen molar-refractivity contribution < 1.29 is 14.6 Å². The molecule has 0 unspecified atom stereocenters. The van der Waals surface area contributed by atoms with Crippen molar-refractivity contribution in [2.24, 2.45) is 0 Å². The van der Waals surface area contributed by atoms with Crippen LogP contribution in [0.5, 0.6) is 0 Å². The van der Waals surface area contributed by atoms with Gasteiger partial charge in [0.1, 0.15) is 0 Å². The Morgan fingerprint density at radius 1 is 0.800 bits per heavy atom. The Kier molecular flexibility index (Phi) is 18.1. The van der Waals surface area contributed by atoms with Crippen molar-refractivity contribution in [2.75, 3.05) is 6.61 Å². The van der Waals surface area contributed by atoms with Gasteiger partial charge in [-0.3, -0.25) is 0 Å². The molecule has 0 saturated heterocycles. The summed E-state index contributed by atoms with van der Waals surface area (Å²) in [5.41, 5.74) is 0. The van der Waals surface area contributed by atoms with Gasteiger partial charge in [-0.05, 0) is 39.0 Å². The summed E-state index contributed by atoms with van der Waals surface area (Å²) in [6, 6.07) is 0. The molecule has 3 heteroatoms. The van der Waals surface area contributed by atoms with E-state index in [4.69, 9.17) is 9.84 Å². The van der Waals surface area contributed by atoms with Gasteiger partial charge in [0.15, 0.2) is 0 Å². The first-order valence-electron chi connectivity index (χ1n) is 10.4. The van der Waals surface area contributed by atoms with Crippen LogP contribution in [0.1, 0.15) is 104 Å². The van der Waals surface area contributed by atoms with Crippen LogP contribution in [-0.2, 0) is 9.53 Å². The third kappa shape index (κ3) is 20.7. The number of hydrogen-bond donors (Lipinski definition) is 1. The highest BCUT2D eigenvalue weighted by Gasteiger charge is 1.98. The molecule has 0 spiro atoms. The molecule has 0 fully saturated rings. The number of carbonyl (C=O) groups is 1. The van der Waals surface area contributed by atoms with Gasteiger partial charge in [-0.15, -0.1) is 0 Å². The molecule has 0 heterocycles. The SMILES string of the molecule is CCCCCCCC/C=C\CCCCCCCCOC(=O)C=C(C)O. The number of aliphatic hydroxyl groups excluding tert-OH is 1. The highest BCUT2D eigenvalue weighted by Crippen LogP contribution is 2.10. The fourth-order valence-electron chi connectivity index (χ4n) is 2.73. The zero-order chi connectivity index (χ0) is 18.6. The van der Waals surface area contributed by atoms with E-state index in [1.807, 2.05) is 0 Å². The van der Waals surface area contributed by atoms with Gasteiger partial charge < -0.3 is 9.84 Å². The fraction of sp³-hybridized carbons (Fsp3) is 0.773. The van der Waals surface area contributed by atoms with E-state index in [1.165, 1.54) is 84.0 Å². The molecule has 0 rings (SSSR count). The normalized spacial score (nSPS) is 12.0. The lowest BCUT2D eigenvalue weighted by Gasteiger charge is -2.02. The van der Waals surface area contributed by atoms with E-state index in [2.05, 4.69) is 19.1 Å². The van der Waals surface area contributed by atoms with E-state index >= 15 is 0 Å². The lowest BCUT2D eigenvalue weighted by molar-refractivity contribution is -0.138. The van der Waals surface area contributed by atoms with Crippen LogP contribution < -0.4 is 0 Å². The standard InChI is InChI=1S/C22H40O3/c1-3-4-5-6-7-8-9-10-11-12-13-14-15-16-17-18-19-25-22(24)20-21(2)23/h10-11,20,23H,3-9,12-19H2,1-2H3/b11-10-,21-20?. The summed E-state index contributed by atoms with van der Waals surface area (Å²) in [5, 5.41) is 8.92. The summed E-state index contributed by atoms with van der Waals surface area (Å²) < 4.78 is 4.99. The molecule has 25 heavy (non-hydrogen) atoms. The summed E-state index contributed by atoms with van der Waals surface area (Å²) in [6.45, 7) is 4.17. The summed E-state index contributed by atoms with van der Waals surface area (Å²) in [4.78, 5) is 11.1. The van der Waals surface area contributed by atoms with Crippen molar-refractivity contribution >= 4 is 5.97 Å². The lowest BCUT2D eigenvalue weighted by Crippen LogP contribution is -2.03. The number of ether oxygens (including phenoxy) is 1. The predicted molar refractivity (Wildman–Crippen MR) is 107 cm³/mol. The van der Waals surface area contributed by atoms with Crippen molar-refractivity contribution in [3.63, 3.8) is 0 Å². The molecule has 0 aliphatic carbocycles. The molecular formula is C22H40O3. The van der Waals surface area contributed by atoms with Crippen molar-refractivity contribution in [1.82, 2.24) is 0 Å². The number of allylic oxidation sites excluding steroid dienone is 3. The van der Waals surface area contributed by atoms with Crippen LogP contribution in [0.3, 0.4) is 0 Å². The maximum Gasteiger partial charge on any atom is 0.334 e. The van der Waals surface area contributed by atoms with Crippen LogP contribution >= 0.6 is 0 Å². The number of aliphatic hydroxyl groups is 1. The molecule has 0 bridgehead atoms. The molecule has 0 aliphatic rings. The van der Waals surface area contributed by atoms with Gasteiger partial charge in [-0.2, -0.15) is 0 Å². The van der Waals surface area contributed by atoms with E-state index in [0.717, 1.165) is 18.9 Å². The summed E-state index contributed by atoms with van der Waals surface area (Å²) >= 11 is 0. The Hall–Kier alpha value is -1.25. The molecule has 0 aromatic rings. The fourth-order valence-corrected chi connectivity index (χ4v) is 2.73. The zero-order valence-corrected chi connectivity index (χ0v) is 16.6. The van der Waals surface area contributed by atoms with Gasteiger partial charge in [0.25, 0.3) is 0 Å². The number of esters is 1. The number of carbonyl (C=O) groups excluding carboxylic acids is 1. The molecule has 0 aliphatic heterocycles. The predicted octanol–water partition coefficient (Wildman–Crippen LogP) is 7.03. The molecular weight excluding hydrogens is 312 g/mol. The quantitative estimate of drug-likeness (QED) is 0.100. The minimum Gasteiger partial charge on any atom is -0.512 e. The molecule has 0 amide bonds. The largest absolute Gasteiger partial charge is 0.512 e. The Bertz CT molecular complexity index is 354. The first kappa shape index (κ1) is 23.8. The van der Waals surface area contributed by atoms with Crippen LogP contribution in [0.4, 0.5) is 0 Å². The third-order valence-corrected chi connectivity index (χ3v) is 4.23. The van der Waals surface area contributed by atoms with Crippen LogP contribution in [0.25, 0.3) is 0 Å². The molecule has 3 nitrogen and oxygen atoms in total. The van der Waals surface area contributed by atoms with Gasteiger partial charge in [0.2, 0.25) is 0 Å². The second-order valence-electron chi connectivity index (χ2n) is 6.89. The minimum atomic E-state index is -0.451. The molecule has 1 N–H and O–H groups in total. The van der Waals surface area contributed by atoms with E-state index < -0.39 is 5.97 Å². The lowest BCUT2D eigenvalue weighted by atomic mass is 10.1. The maximum atomic E-state index is 11.1. The maximum absolute atomic E-state index is 11.1. The van der Waals surface area contributed by atoms with Crippen LogP contribution in [0, 0.1) is 0 Å². The van der Waals surface area contributed by atoms with Crippen LogP contribution in [0.15, 0.2) is 24.0 Å². The van der Waals surface area contributed by atoms with Crippen molar-refractivity contribution in [3.05, 3.63) is 24.0 Å². The summed E-state index contributed by atoms with van der Waals surface area (Å²) in [5.74, 6) is -0.459. The molecule has 0 aromatic heterocycles. The molecule has 0 radical (unpaired) electrons. The highest BCUT2D eigenvalue weighted by atomic mass is 16.5. The second kappa shape index (κ2) is 19.1. The highest BCUT2D eigenvalue weighted by molar-refractivity contribution is 5.82. The van der Waals surface area contributed by atoms with E-state index in [9.17, 15) is 4.79 Å². The first-order chi connectivity index (χ1) is 12.2. The Morgan fingerprint density at radius 3 is 1.80 bits per heavy atom. The van der Waals surface area contributed by atoms with Gasteiger partial charge in [-0.1, -0.05) is 76.9 Å². The minimum absolute atomic E-state index is 0.00831.